The number of ether oxygens (including phenoxy) is 3. The first-order valence-electron chi connectivity index (χ1n) is 29.8. The predicted molar refractivity (Wildman–Crippen MR) is 298 cm³/mol. The molecule has 0 amide bonds. The number of hydrogen-bond acceptors (Lipinski definition) is 6. The Morgan fingerprint density at radius 2 is 0.536 bits per heavy atom. The van der Waals surface area contributed by atoms with Crippen LogP contribution < -0.4 is 0 Å². The number of allylic oxidation sites excluding steroid dienone is 10. The highest BCUT2D eigenvalue weighted by Gasteiger charge is 2.19. The minimum Gasteiger partial charge on any atom is -0.462 e. The number of unbranched alkanes of at least 4 members (excludes halogenated alkanes) is 33. The minimum absolute atomic E-state index is 0.0918. The van der Waals surface area contributed by atoms with Crippen LogP contribution in [0.3, 0.4) is 0 Å². The predicted octanol–water partition coefficient (Wildman–Crippen LogP) is 20.0. The highest BCUT2D eigenvalue weighted by atomic mass is 16.6. The smallest absolute Gasteiger partial charge is 0.306 e. The Bertz CT molecular complexity index is 1250. The summed E-state index contributed by atoms with van der Waals surface area (Å²) < 4.78 is 16.8. The van der Waals surface area contributed by atoms with E-state index in [9.17, 15) is 14.4 Å². The molecule has 0 radical (unpaired) electrons. The summed E-state index contributed by atoms with van der Waals surface area (Å²) in [5.74, 6) is -0.947. The van der Waals surface area contributed by atoms with Crippen molar-refractivity contribution >= 4 is 17.9 Å². The molecule has 0 unspecified atom stereocenters. The number of hydrogen-bond donors (Lipinski definition) is 0. The lowest BCUT2D eigenvalue weighted by Gasteiger charge is -2.18. The van der Waals surface area contributed by atoms with E-state index in [2.05, 4.69) is 81.5 Å². The van der Waals surface area contributed by atoms with E-state index in [1.165, 1.54) is 180 Å². The van der Waals surface area contributed by atoms with Crippen LogP contribution >= 0.6 is 0 Å². The fraction of sp³-hybridized carbons (Fsp3) is 0.794. The van der Waals surface area contributed by atoms with Gasteiger partial charge in [-0.15, -0.1) is 0 Å². The summed E-state index contributed by atoms with van der Waals surface area (Å²) >= 11 is 0. The van der Waals surface area contributed by atoms with Gasteiger partial charge < -0.3 is 14.2 Å². The van der Waals surface area contributed by atoms with Gasteiger partial charge >= 0.3 is 17.9 Å². The summed E-state index contributed by atoms with van der Waals surface area (Å²) in [5.41, 5.74) is 0. The second-order valence-electron chi connectivity index (χ2n) is 19.9. The fourth-order valence-corrected chi connectivity index (χ4v) is 8.49. The summed E-state index contributed by atoms with van der Waals surface area (Å²) in [6, 6.07) is 0. The van der Waals surface area contributed by atoms with Gasteiger partial charge in [0.05, 0.1) is 0 Å². The monoisotopic (exact) mass is 965 g/mol. The van der Waals surface area contributed by atoms with Crippen molar-refractivity contribution in [3.63, 3.8) is 0 Å². The minimum atomic E-state index is -0.799. The molecule has 0 saturated heterocycles. The number of carbonyl (C=O) groups excluding carboxylic acids is 3. The first-order valence-corrected chi connectivity index (χ1v) is 29.8. The maximum absolute atomic E-state index is 12.8. The van der Waals surface area contributed by atoms with Crippen LogP contribution in [0.5, 0.6) is 0 Å². The van der Waals surface area contributed by atoms with Crippen LogP contribution in [-0.2, 0) is 28.6 Å². The Kier molecular flexibility index (Phi) is 55.3. The average molecular weight is 966 g/mol. The maximum Gasteiger partial charge on any atom is 0.306 e. The van der Waals surface area contributed by atoms with Crippen LogP contribution in [0, 0.1) is 0 Å². The molecule has 0 aromatic heterocycles. The maximum atomic E-state index is 12.8. The Morgan fingerprint density at radius 1 is 0.290 bits per heavy atom. The Morgan fingerprint density at radius 3 is 0.928 bits per heavy atom. The molecular formula is C63H112O6. The SMILES string of the molecule is CCCCC/C=C\C/C=C\C/C=C\C/C=C\CCCC(=O)OC[C@H](COC(=O)CCCCCCCCCCCCCCCCCCCCCCC)OC(=O)CCCCCCC/C=C\CCCCCC. The van der Waals surface area contributed by atoms with Crippen LogP contribution in [0.25, 0.3) is 0 Å². The normalized spacial score (nSPS) is 12.4. The average Bonchev–Trinajstić information content (AvgIpc) is 3.35. The molecule has 0 saturated carbocycles. The largest absolute Gasteiger partial charge is 0.462 e. The molecule has 0 aromatic carbocycles. The Hall–Kier alpha value is -2.89. The van der Waals surface area contributed by atoms with Gasteiger partial charge in [0.1, 0.15) is 13.2 Å². The molecule has 6 heteroatoms. The van der Waals surface area contributed by atoms with Gasteiger partial charge in [-0.2, -0.15) is 0 Å². The molecule has 0 aliphatic carbocycles. The van der Waals surface area contributed by atoms with Gasteiger partial charge in [0.15, 0.2) is 6.10 Å². The molecule has 0 fully saturated rings. The Labute approximate surface area is 428 Å². The van der Waals surface area contributed by atoms with E-state index in [0.717, 1.165) is 77.0 Å². The molecule has 0 heterocycles. The molecule has 0 bridgehead atoms. The van der Waals surface area contributed by atoms with Crippen LogP contribution in [0.15, 0.2) is 60.8 Å². The van der Waals surface area contributed by atoms with E-state index in [1.54, 1.807) is 0 Å². The summed E-state index contributed by atoms with van der Waals surface area (Å²) in [7, 11) is 0. The molecule has 1 atom stereocenters. The second-order valence-corrected chi connectivity index (χ2v) is 19.9. The third-order valence-corrected chi connectivity index (χ3v) is 13.0. The molecule has 0 aliphatic heterocycles. The molecule has 0 aliphatic rings. The van der Waals surface area contributed by atoms with Gasteiger partial charge in [-0.3, -0.25) is 14.4 Å². The van der Waals surface area contributed by atoms with Gasteiger partial charge in [0.25, 0.3) is 0 Å². The first kappa shape index (κ1) is 66.1. The quantitative estimate of drug-likeness (QED) is 0.0262. The van der Waals surface area contributed by atoms with Crippen LogP contribution in [-0.4, -0.2) is 37.2 Å². The summed E-state index contributed by atoms with van der Waals surface area (Å²) in [6.45, 7) is 6.58. The molecule has 0 aromatic rings. The summed E-state index contributed by atoms with van der Waals surface area (Å²) in [4.78, 5) is 38.1. The molecule has 0 spiro atoms. The van der Waals surface area contributed by atoms with Crippen molar-refractivity contribution in [3.05, 3.63) is 60.8 Å². The highest BCUT2D eigenvalue weighted by Crippen LogP contribution is 2.16. The van der Waals surface area contributed by atoms with Crippen molar-refractivity contribution in [2.24, 2.45) is 0 Å². The molecule has 0 rings (SSSR count). The number of esters is 3. The van der Waals surface area contributed by atoms with Crippen molar-refractivity contribution in [1.29, 1.82) is 0 Å². The van der Waals surface area contributed by atoms with E-state index in [4.69, 9.17) is 14.2 Å². The van der Waals surface area contributed by atoms with E-state index >= 15 is 0 Å². The topological polar surface area (TPSA) is 78.9 Å². The zero-order valence-electron chi connectivity index (χ0n) is 45.8. The van der Waals surface area contributed by atoms with E-state index in [0.29, 0.717) is 19.3 Å². The second kappa shape index (κ2) is 57.7. The first-order chi connectivity index (χ1) is 34.0. The van der Waals surface area contributed by atoms with Crippen molar-refractivity contribution in [1.82, 2.24) is 0 Å². The van der Waals surface area contributed by atoms with Gasteiger partial charge in [0, 0.05) is 19.3 Å². The summed E-state index contributed by atoms with van der Waals surface area (Å²) in [6.07, 6.45) is 72.2. The van der Waals surface area contributed by atoms with Crippen molar-refractivity contribution in [3.8, 4) is 0 Å². The van der Waals surface area contributed by atoms with Crippen LogP contribution in [0.1, 0.15) is 303 Å². The lowest BCUT2D eigenvalue weighted by molar-refractivity contribution is -0.167. The van der Waals surface area contributed by atoms with E-state index in [-0.39, 0.29) is 37.5 Å². The van der Waals surface area contributed by atoms with Crippen molar-refractivity contribution in [2.75, 3.05) is 13.2 Å². The van der Waals surface area contributed by atoms with Gasteiger partial charge in [-0.1, -0.05) is 261 Å². The molecule has 69 heavy (non-hydrogen) atoms. The summed E-state index contributed by atoms with van der Waals surface area (Å²) in [5, 5.41) is 0. The zero-order valence-corrected chi connectivity index (χ0v) is 45.8. The fourth-order valence-electron chi connectivity index (χ4n) is 8.49. The molecular weight excluding hydrogens is 853 g/mol. The molecule has 400 valence electrons. The van der Waals surface area contributed by atoms with E-state index in [1.807, 2.05) is 0 Å². The van der Waals surface area contributed by atoms with Crippen LogP contribution in [0.4, 0.5) is 0 Å². The van der Waals surface area contributed by atoms with Crippen LogP contribution in [0.2, 0.25) is 0 Å². The van der Waals surface area contributed by atoms with Gasteiger partial charge in [-0.05, 0) is 83.5 Å². The lowest BCUT2D eigenvalue weighted by Crippen LogP contribution is -2.30. The number of rotatable bonds is 54. The van der Waals surface area contributed by atoms with Crippen molar-refractivity contribution < 1.29 is 28.6 Å². The number of carbonyl (C=O) groups is 3. The van der Waals surface area contributed by atoms with E-state index < -0.39 is 6.10 Å². The third-order valence-electron chi connectivity index (χ3n) is 13.0. The highest BCUT2D eigenvalue weighted by molar-refractivity contribution is 5.71. The van der Waals surface area contributed by atoms with Gasteiger partial charge in [0.2, 0.25) is 0 Å². The van der Waals surface area contributed by atoms with Gasteiger partial charge in [-0.25, -0.2) is 0 Å². The molecule has 6 nitrogen and oxygen atoms in total. The molecule has 0 N–H and O–H groups in total. The third kappa shape index (κ3) is 55.9. The standard InChI is InChI=1S/C63H112O6/c1-4-7-10-13-16-19-22-25-27-29-30-31-32-34-36-39-41-44-47-50-53-56-62(65)68-59-60(69-63(66)57-54-51-48-45-42-37-24-21-18-15-12-9-6-3)58-67-61(64)55-52-49-46-43-40-38-35-33-28-26-23-20-17-14-11-8-5-2/h17,20-21,24,26,28,35,38,43,46,60H,4-16,18-19,22-23,25,27,29-34,36-37,39-42,44-45,47-59H2,1-3H3/b20-17-,24-21-,28-26-,38-35-,46-43-/t60-/m1/s1. The zero-order chi connectivity index (χ0) is 50.0. The Balaban J connectivity index is 4.37. The van der Waals surface area contributed by atoms with Crippen molar-refractivity contribution in [2.45, 2.75) is 309 Å². The lowest BCUT2D eigenvalue weighted by atomic mass is 10.0.